The van der Waals surface area contributed by atoms with E-state index in [9.17, 15) is 8.42 Å². The van der Waals surface area contributed by atoms with E-state index in [4.69, 9.17) is 23.2 Å². The van der Waals surface area contributed by atoms with Crippen LogP contribution >= 0.6 is 23.2 Å². The van der Waals surface area contributed by atoms with Crippen molar-refractivity contribution in [2.75, 3.05) is 6.26 Å². The van der Waals surface area contributed by atoms with Crippen LogP contribution in [-0.4, -0.2) is 34.9 Å². The molecule has 0 N–H and O–H groups in total. The lowest BCUT2D eigenvalue weighted by atomic mass is 10.2. The van der Waals surface area contributed by atoms with Crippen LogP contribution in [0, 0.1) is 0 Å². The number of sulfone groups is 1. The van der Waals surface area contributed by atoms with Crippen molar-refractivity contribution < 1.29 is 8.42 Å². The molecule has 0 saturated heterocycles. The second kappa shape index (κ2) is 6.51. The van der Waals surface area contributed by atoms with Crippen molar-refractivity contribution in [2.45, 2.75) is 11.4 Å². The Hall–Kier alpha value is -1.96. The zero-order valence-corrected chi connectivity index (χ0v) is 14.8. The molecule has 0 unspecified atom stereocenters. The van der Waals surface area contributed by atoms with Gasteiger partial charge in [-0.3, -0.25) is 0 Å². The second-order valence-corrected chi connectivity index (χ2v) is 8.04. The first-order chi connectivity index (χ1) is 11.3. The van der Waals surface area contributed by atoms with Gasteiger partial charge in [-0.2, -0.15) is 4.80 Å². The van der Waals surface area contributed by atoms with Gasteiger partial charge >= 0.3 is 0 Å². The molecule has 3 aromatic rings. The summed E-state index contributed by atoms with van der Waals surface area (Å²) in [5.74, 6) is 0.403. The smallest absolute Gasteiger partial charge is 0.204 e. The minimum Gasteiger partial charge on any atom is -0.224 e. The monoisotopic (exact) mass is 382 g/mol. The molecule has 0 radical (unpaired) electrons. The van der Waals surface area contributed by atoms with E-state index in [1.165, 1.54) is 16.9 Å². The fourth-order valence-corrected chi connectivity index (χ4v) is 3.18. The van der Waals surface area contributed by atoms with Gasteiger partial charge < -0.3 is 0 Å². The van der Waals surface area contributed by atoms with Gasteiger partial charge in [-0.05, 0) is 47.2 Å². The zero-order chi connectivity index (χ0) is 17.3. The Morgan fingerprint density at radius 1 is 1.08 bits per heavy atom. The minimum absolute atomic E-state index is 0.242. The molecule has 0 fully saturated rings. The summed E-state index contributed by atoms with van der Waals surface area (Å²) in [4.78, 5) is 1.65. The standard InChI is InChI=1S/C15H12Cl2N4O2S/c1-24(22,23)13-6-3-10(4-7-13)15-18-20-21(19-15)9-11-2-5-12(16)8-14(11)17/h2-8H,9H2,1H3. The van der Waals surface area contributed by atoms with E-state index in [2.05, 4.69) is 15.4 Å². The highest BCUT2D eigenvalue weighted by molar-refractivity contribution is 7.90. The fraction of sp³-hybridized carbons (Fsp3) is 0.133. The van der Waals surface area contributed by atoms with Crippen LogP contribution in [0.25, 0.3) is 11.4 Å². The van der Waals surface area contributed by atoms with Crippen LogP contribution in [0.15, 0.2) is 47.4 Å². The van der Waals surface area contributed by atoms with E-state index < -0.39 is 9.84 Å². The van der Waals surface area contributed by atoms with Crippen LogP contribution in [0.5, 0.6) is 0 Å². The summed E-state index contributed by atoms with van der Waals surface area (Å²) in [6.45, 7) is 0.352. The van der Waals surface area contributed by atoms with Crippen LogP contribution in [0.2, 0.25) is 10.0 Å². The van der Waals surface area contributed by atoms with Crippen molar-refractivity contribution in [3.63, 3.8) is 0 Å². The Morgan fingerprint density at radius 2 is 1.79 bits per heavy atom. The number of benzene rings is 2. The summed E-state index contributed by atoms with van der Waals surface area (Å²) in [6, 6.07) is 11.5. The summed E-state index contributed by atoms with van der Waals surface area (Å²) < 4.78 is 22.9. The summed E-state index contributed by atoms with van der Waals surface area (Å²) in [7, 11) is -3.23. The highest BCUT2D eigenvalue weighted by Crippen LogP contribution is 2.22. The molecule has 9 heteroatoms. The Balaban J connectivity index is 1.83. The number of aromatic nitrogens is 4. The van der Waals surface area contributed by atoms with Gasteiger partial charge in [-0.1, -0.05) is 29.3 Å². The van der Waals surface area contributed by atoms with Gasteiger partial charge in [-0.15, -0.1) is 10.2 Å². The topological polar surface area (TPSA) is 77.7 Å². The summed E-state index contributed by atoms with van der Waals surface area (Å²) in [6.07, 6.45) is 1.16. The fourth-order valence-electron chi connectivity index (χ4n) is 2.08. The lowest BCUT2D eigenvalue weighted by Gasteiger charge is -2.03. The quantitative estimate of drug-likeness (QED) is 0.692. The molecule has 3 rings (SSSR count). The summed E-state index contributed by atoms with van der Waals surface area (Å²) in [5, 5.41) is 13.3. The van der Waals surface area contributed by atoms with E-state index in [1.807, 2.05) is 0 Å². The number of hydrogen-bond donors (Lipinski definition) is 0. The molecule has 0 aliphatic heterocycles. The molecule has 24 heavy (non-hydrogen) atoms. The maximum atomic E-state index is 11.5. The molecule has 124 valence electrons. The van der Waals surface area contributed by atoms with Gasteiger partial charge in [0.25, 0.3) is 0 Å². The lowest BCUT2D eigenvalue weighted by Crippen LogP contribution is -2.04. The number of rotatable bonds is 4. The van der Waals surface area contributed by atoms with Gasteiger partial charge in [0.15, 0.2) is 9.84 Å². The first kappa shape index (κ1) is 16.9. The van der Waals surface area contributed by atoms with Crippen molar-refractivity contribution in [3.8, 4) is 11.4 Å². The Bertz CT molecular complexity index is 985. The minimum atomic E-state index is -3.23. The van der Waals surface area contributed by atoms with Gasteiger partial charge in [0, 0.05) is 21.9 Å². The third kappa shape index (κ3) is 3.75. The molecule has 6 nitrogen and oxygen atoms in total. The van der Waals surface area contributed by atoms with Crippen LogP contribution < -0.4 is 0 Å². The van der Waals surface area contributed by atoms with Gasteiger partial charge in [0.2, 0.25) is 5.82 Å². The van der Waals surface area contributed by atoms with Crippen LogP contribution in [-0.2, 0) is 16.4 Å². The largest absolute Gasteiger partial charge is 0.224 e. The Morgan fingerprint density at radius 3 is 2.42 bits per heavy atom. The molecular formula is C15H12Cl2N4O2S. The third-order valence-electron chi connectivity index (χ3n) is 3.32. The Kier molecular flexibility index (Phi) is 4.58. The van der Waals surface area contributed by atoms with E-state index in [-0.39, 0.29) is 4.90 Å². The summed E-state index contributed by atoms with van der Waals surface area (Å²) >= 11 is 12.0. The van der Waals surface area contributed by atoms with Gasteiger partial charge in [0.1, 0.15) is 0 Å². The predicted molar refractivity (Wildman–Crippen MR) is 91.9 cm³/mol. The Labute approximate surface area is 148 Å². The van der Waals surface area contributed by atoms with Crippen molar-refractivity contribution in [1.82, 2.24) is 20.2 Å². The molecule has 0 aliphatic carbocycles. The highest BCUT2D eigenvalue weighted by atomic mass is 35.5. The van der Waals surface area contributed by atoms with E-state index in [0.29, 0.717) is 28.0 Å². The van der Waals surface area contributed by atoms with Crippen molar-refractivity contribution in [2.24, 2.45) is 0 Å². The molecular weight excluding hydrogens is 371 g/mol. The van der Waals surface area contributed by atoms with Crippen molar-refractivity contribution >= 4 is 33.0 Å². The molecule has 0 aliphatic rings. The molecule has 0 atom stereocenters. The van der Waals surface area contributed by atoms with Crippen molar-refractivity contribution in [1.29, 1.82) is 0 Å². The van der Waals surface area contributed by atoms with Crippen LogP contribution in [0.4, 0.5) is 0 Å². The number of halogens is 2. The van der Waals surface area contributed by atoms with E-state index in [1.54, 1.807) is 30.3 Å². The number of hydrogen-bond acceptors (Lipinski definition) is 5. The number of tetrazole rings is 1. The molecule has 1 aromatic heterocycles. The third-order valence-corrected chi connectivity index (χ3v) is 5.04. The molecule has 0 bridgehead atoms. The average molecular weight is 383 g/mol. The number of nitrogens with zero attached hydrogens (tertiary/aromatic N) is 4. The van der Waals surface area contributed by atoms with E-state index >= 15 is 0 Å². The zero-order valence-electron chi connectivity index (χ0n) is 12.5. The predicted octanol–water partition coefficient (Wildman–Crippen LogP) is 3.10. The van der Waals surface area contributed by atoms with Crippen LogP contribution in [0.1, 0.15) is 5.56 Å². The molecule has 2 aromatic carbocycles. The SMILES string of the molecule is CS(=O)(=O)c1ccc(-c2nnn(Cc3ccc(Cl)cc3Cl)n2)cc1. The van der Waals surface area contributed by atoms with Crippen molar-refractivity contribution in [3.05, 3.63) is 58.1 Å². The average Bonchev–Trinajstić information content (AvgIpc) is 2.98. The molecule has 0 spiro atoms. The van der Waals surface area contributed by atoms with Gasteiger partial charge in [-0.25, -0.2) is 8.42 Å². The normalized spacial score (nSPS) is 11.6. The summed E-state index contributed by atoms with van der Waals surface area (Å²) in [5.41, 5.74) is 1.49. The second-order valence-electron chi connectivity index (χ2n) is 5.18. The molecule has 0 saturated carbocycles. The van der Waals surface area contributed by atoms with Gasteiger partial charge in [0.05, 0.1) is 11.4 Å². The van der Waals surface area contributed by atoms with Crippen LogP contribution in [0.3, 0.4) is 0 Å². The van der Waals surface area contributed by atoms with E-state index in [0.717, 1.165) is 11.8 Å². The maximum absolute atomic E-state index is 11.5. The molecule has 1 heterocycles. The lowest BCUT2D eigenvalue weighted by molar-refractivity contribution is 0.573. The molecule has 0 amide bonds. The first-order valence-electron chi connectivity index (χ1n) is 6.85. The maximum Gasteiger partial charge on any atom is 0.204 e. The highest BCUT2D eigenvalue weighted by Gasteiger charge is 2.11. The first-order valence-corrected chi connectivity index (χ1v) is 9.50.